The van der Waals surface area contributed by atoms with Gasteiger partial charge in [0.2, 0.25) is 10.0 Å². The van der Waals surface area contributed by atoms with Gasteiger partial charge >= 0.3 is 5.97 Å². The Morgan fingerprint density at radius 1 is 1.37 bits per heavy atom. The largest absolute Gasteiger partial charge is 0.497 e. The summed E-state index contributed by atoms with van der Waals surface area (Å²) >= 11 is 0. The highest BCUT2D eigenvalue weighted by molar-refractivity contribution is 7.89. The summed E-state index contributed by atoms with van der Waals surface area (Å²) < 4.78 is 30.8. The zero-order chi connectivity index (χ0) is 14.0. The fraction of sp³-hybridized carbons (Fsp3) is 0.417. The molecule has 0 heterocycles. The number of carbonyl (C=O) groups is 1. The molecule has 1 N–H and O–H groups in total. The van der Waals surface area contributed by atoms with E-state index in [1.54, 1.807) is 12.1 Å². The average molecular weight is 285 g/mol. The second kappa shape index (κ2) is 5.18. The summed E-state index contributed by atoms with van der Waals surface area (Å²) in [6.07, 6.45) is 1.42. The maximum absolute atomic E-state index is 12.4. The standard InChI is InChI=1S/C12H15NO5S/c1-18-10-4-6-11(7-5-10)19(16,17)13(8-12(14)15)9-2-3-9/h4-7,9H,2-3,8H2,1H3,(H,14,15). The SMILES string of the molecule is COc1ccc(S(=O)(=O)N(CC(=O)O)C2CC2)cc1. The molecule has 1 aromatic rings. The molecule has 0 radical (unpaired) electrons. The highest BCUT2D eigenvalue weighted by atomic mass is 32.2. The number of methoxy groups -OCH3 is 1. The first-order chi connectivity index (χ1) is 8.95. The van der Waals surface area contributed by atoms with Crippen molar-refractivity contribution < 1.29 is 23.1 Å². The molecule has 104 valence electrons. The fourth-order valence-corrected chi connectivity index (χ4v) is 3.42. The first kappa shape index (κ1) is 13.8. The van der Waals surface area contributed by atoms with Gasteiger partial charge in [-0.25, -0.2) is 8.42 Å². The highest BCUT2D eigenvalue weighted by Gasteiger charge is 2.39. The topological polar surface area (TPSA) is 83.9 Å². The normalized spacial score (nSPS) is 15.5. The van der Waals surface area contributed by atoms with E-state index in [0.717, 1.165) is 4.31 Å². The van der Waals surface area contributed by atoms with E-state index in [9.17, 15) is 13.2 Å². The number of nitrogens with zero attached hydrogens (tertiary/aromatic N) is 1. The smallest absolute Gasteiger partial charge is 0.318 e. The minimum atomic E-state index is -3.76. The Morgan fingerprint density at radius 3 is 2.37 bits per heavy atom. The Morgan fingerprint density at radius 2 is 1.95 bits per heavy atom. The fourth-order valence-electron chi connectivity index (χ4n) is 1.79. The third-order valence-corrected chi connectivity index (χ3v) is 4.82. The molecule has 1 saturated carbocycles. The Labute approximate surface area is 111 Å². The first-order valence-corrected chi connectivity index (χ1v) is 7.27. The zero-order valence-electron chi connectivity index (χ0n) is 10.4. The average Bonchev–Trinajstić information content (AvgIpc) is 3.20. The maximum Gasteiger partial charge on any atom is 0.318 e. The molecule has 7 heteroatoms. The number of benzene rings is 1. The minimum absolute atomic E-state index is 0.0847. The second-order valence-corrected chi connectivity index (χ2v) is 6.24. The summed E-state index contributed by atoms with van der Waals surface area (Å²) in [6.45, 7) is -0.501. The van der Waals surface area contributed by atoms with Gasteiger partial charge in [0.25, 0.3) is 0 Å². The van der Waals surface area contributed by atoms with Gasteiger partial charge in [0.05, 0.1) is 12.0 Å². The third-order valence-electron chi connectivity index (χ3n) is 2.91. The molecule has 6 nitrogen and oxygen atoms in total. The second-order valence-electron chi connectivity index (χ2n) is 4.35. The molecule has 19 heavy (non-hydrogen) atoms. The van der Waals surface area contributed by atoms with Gasteiger partial charge in [0.1, 0.15) is 12.3 Å². The number of rotatable bonds is 6. The van der Waals surface area contributed by atoms with Crippen LogP contribution in [0.1, 0.15) is 12.8 Å². The van der Waals surface area contributed by atoms with Gasteiger partial charge in [-0.2, -0.15) is 4.31 Å². The van der Waals surface area contributed by atoms with E-state index < -0.39 is 22.5 Å². The van der Waals surface area contributed by atoms with E-state index in [1.807, 2.05) is 0 Å². The van der Waals surface area contributed by atoms with Crippen LogP contribution in [0.4, 0.5) is 0 Å². The van der Waals surface area contributed by atoms with Gasteiger partial charge in [0, 0.05) is 6.04 Å². The zero-order valence-corrected chi connectivity index (χ0v) is 11.3. The van der Waals surface area contributed by atoms with Crippen molar-refractivity contribution >= 4 is 16.0 Å². The molecule has 0 aliphatic heterocycles. The lowest BCUT2D eigenvalue weighted by molar-refractivity contribution is -0.137. The van der Waals surface area contributed by atoms with Crippen LogP contribution < -0.4 is 4.74 Å². The Bertz CT molecular complexity index is 562. The molecular formula is C12H15NO5S. The van der Waals surface area contributed by atoms with E-state index >= 15 is 0 Å². The van der Waals surface area contributed by atoms with Crippen LogP contribution in [-0.2, 0) is 14.8 Å². The van der Waals surface area contributed by atoms with Crippen LogP contribution >= 0.6 is 0 Å². The monoisotopic (exact) mass is 285 g/mol. The van der Waals surface area contributed by atoms with Crippen molar-refractivity contribution in [2.24, 2.45) is 0 Å². The van der Waals surface area contributed by atoms with Crippen LogP contribution in [0.25, 0.3) is 0 Å². The number of hydrogen-bond acceptors (Lipinski definition) is 4. The molecule has 0 spiro atoms. The Balaban J connectivity index is 2.30. The summed E-state index contributed by atoms with van der Waals surface area (Å²) in [4.78, 5) is 10.9. The van der Waals surface area contributed by atoms with Gasteiger partial charge in [-0.1, -0.05) is 0 Å². The number of hydrogen-bond donors (Lipinski definition) is 1. The molecule has 1 aliphatic carbocycles. The molecule has 0 atom stereocenters. The van der Waals surface area contributed by atoms with Gasteiger partial charge in [0.15, 0.2) is 0 Å². The molecule has 0 amide bonds. The first-order valence-electron chi connectivity index (χ1n) is 5.83. The van der Waals surface area contributed by atoms with Crippen molar-refractivity contribution in [2.45, 2.75) is 23.8 Å². The van der Waals surface area contributed by atoms with E-state index in [0.29, 0.717) is 18.6 Å². The predicted molar refractivity (Wildman–Crippen MR) is 67.5 cm³/mol. The van der Waals surface area contributed by atoms with E-state index in [4.69, 9.17) is 9.84 Å². The van der Waals surface area contributed by atoms with Gasteiger partial charge in [-0.05, 0) is 37.1 Å². The van der Waals surface area contributed by atoms with Crippen LogP contribution in [0.2, 0.25) is 0 Å². The highest BCUT2D eigenvalue weighted by Crippen LogP contribution is 2.32. The van der Waals surface area contributed by atoms with Crippen molar-refractivity contribution in [3.63, 3.8) is 0 Å². The Kier molecular flexibility index (Phi) is 3.77. The van der Waals surface area contributed by atoms with Crippen LogP contribution in [0.15, 0.2) is 29.2 Å². The van der Waals surface area contributed by atoms with Gasteiger partial charge in [-0.3, -0.25) is 4.79 Å². The summed E-state index contributed by atoms with van der Waals surface area (Å²) in [5, 5.41) is 8.83. The van der Waals surface area contributed by atoms with Crippen molar-refractivity contribution in [3.8, 4) is 5.75 Å². The number of aliphatic carboxylic acids is 1. The summed E-state index contributed by atoms with van der Waals surface area (Å²) in [5.41, 5.74) is 0. The molecular weight excluding hydrogens is 270 g/mol. The van der Waals surface area contributed by atoms with Gasteiger partial charge in [-0.15, -0.1) is 0 Å². The lowest BCUT2D eigenvalue weighted by Crippen LogP contribution is -2.37. The van der Waals surface area contributed by atoms with Crippen molar-refractivity contribution in [2.75, 3.05) is 13.7 Å². The van der Waals surface area contributed by atoms with Crippen molar-refractivity contribution in [1.82, 2.24) is 4.31 Å². The van der Waals surface area contributed by atoms with Gasteiger partial charge < -0.3 is 9.84 Å². The lowest BCUT2D eigenvalue weighted by Gasteiger charge is -2.19. The minimum Gasteiger partial charge on any atom is -0.497 e. The number of carboxylic acid groups (broad SMARTS) is 1. The number of carboxylic acids is 1. The van der Waals surface area contributed by atoms with Crippen LogP contribution in [0.5, 0.6) is 5.75 Å². The number of ether oxygens (including phenoxy) is 1. The predicted octanol–water partition coefficient (Wildman–Crippen LogP) is 0.933. The van der Waals surface area contributed by atoms with Crippen LogP contribution in [0.3, 0.4) is 0 Å². The van der Waals surface area contributed by atoms with E-state index in [2.05, 4.69) is 0 Å². The van der Waals surface area contributed by atoms with Crippen LogP contribution in [-0.4, -0.2) is 43.5 Å². The molecule has 1 aromatic carbocycles. The van der Waals surface area contributed by atoms with E-state index in [1.165, 1.54) is 19.2 Å². The summed E-state index contributed by atoms with van der Waals surface area (Å²) in [5.74, 6) is -0.598. The summed E-state index contributed by atoms with van der Waals surface area (Å²) in [6, 6.07) is 5.73. The molecule has 0 saturated heterocycles. The molecule has 1 aliphatic rings. The van der Waals surface area contributed by atoms with Crippen LogP contribution in [0, 0.1) is 0 Å². The Hall–Kier alpha value is -1.60. The third kappa shape index (κ3) is 3.05. The maximum atomic E-state index is 12.4. The molecule has 0 unspecified atom stereocenters. The molecule has 0 aromatic heterocycles. The molecule has 2 rings (SSSR count). The molecule has 0 bridgehead atoms. The van der Waals surface area contributed by atoms with Crippen molar-refractivity contribution in [3.05, 3.63) is 24.3 Å². The molecule has 1 fully saturated rings. The quantitative estimate of drug-likeness (QED) is 0.840. The number of sulfonamides is 1. The summed E-state index contributed by atoms with van der Waals surface area (Å²) in [7, 11) is -2.27. The van der Waals surface area contributed by atoms with E-state index in [-0.39, 0.29) is 10.9 Å². The van der Waals surface area contributed by atoms with Crippen molar-refractivity contribution in [1.29, 1.82) is 0 Å². The lowest BCUT2D eigenvalue weighted by atomic mass is 10.3.